The van der Waals surface area contributed by atoms with Crippen molar-refractivity contribution in [2.45, 2.75) is 102 Å². The van der Waals surface area contributed by atoms with Crippen molar-refractivity contribution in [1.29, 1.82) is 0 Å². The molecule has 3 heteroatoms. The molecular weight excluding hydrogens is 276 g/mol. The first-order valence-corrected chi connectivity index (χ1v) is 9.20. The molecule has 2 saturated carbocycles. The molecule has 5 fully saturated rings. The van der Waals surface area contributed by atoms with Crippen LogP contribution in [0.1, 0.15) is 66.7 Å². The quantitative estimate of drug-likeness (QED) is 0.727. The molecule has 0 bridgehead atoms. The first kappa shape index (κ1) is 14.2. The van der Waals surface area contributed by atoms with E-state index >= 15 is 0 Å². The van der Waals surface area contributed by atoms with Crippen LogP contribution in [0.4, 0.5) is 0 Å². The minimum absolute atomic E-state index is 0.120. The molecule has 22 heavy (non-hydrogen) atoms. The van der Waals surface area contributed by atoms with Gasteiger partial charge in [0, 0.05) is 0 Å². The maximum atomic E-state index is 6.15. The van der Waals surface area contributed by atoms with Crippen LogP contribution in [0, 0.1) is 17.3 Å². The second kappa shape index (κ2) is 3.75. The molecule has 3 saturated heterocycles. The van der Waals surface area contributed by atoms with Gasteiger partial charge in [-0.3, -0.25) is 0 Å². The van der Waals surface area contributed by atoms with Crippen LogP contribution in [0.25, 0.3) is 0 Å². The molecular formula is C19H30O3. The van der Waals surface area contributed by atoms with Gasteiger partial charge in [0.1, 0.15) is 0 Å². The van der Waals surface area contributed by atoms with Crippen LogP contribution in [0.3, 0.4) is 0 Å². The van der Waals surface area contributed by atoms with Crippen molar-refractivity contribution in [2.75, 3.05) is 0 Å². The molecule has 8 unspecified atom stereocenters. The molecule has 124 valence electrons. The SMILES string of the molecule is CC1(C)OC1CCC1(C)OC1CC1(C)C2CC3OC3(C)CC21. The number of fused-ring (bicyclic) bond motifs is 2. The molecule has 3 aliphatic heterocycles. The third-order valence-electron chi connectivity index (χ3n) is 7.93. The Labute approximate surface area is 134 Å². The topological polar surface area (TPSA) is 37.6 Å². The number of hydrogen-bond donors (Lipinski definition) is 0. The summed E-state index contributed by atoms with van der Waals surface area (Å²) < 4.78 is 17.7. The maximum Gasteiger partial charge on any atom is 0.0923 e. The van der Waals surface area contributed by atoms with Crippen LogP contribution >= 0.6 is 0 Å². The summed E-state index contributed by atoms with van der Waals surface area (Å²) in [6, 6.07) is 0. The molecule has 0 amide bonds. The highest BCUT2D eigenvalue weighted by molar-refractivity contribution is 5.22. The lowest BCUT2D eigenvalue weighted by molar-refractivity contribution is 0.255. The molecule has 0 aromatic heterocycles. The highest BCUT2D eigenvalue weighted by atomic mass is 16.6. The summed E-state index contributed by atoms with van der Waals surface area (Å²) in [5.41, 5.74) is 1.01. The first-order chi connectivity index (χ1) is 10.2. The van der Waals surface area contributed by atoms with Crippen molar-refractivity contribution in [3.8, 4) is 0 Å². The molecule has 0 aromatic carbocycles. The van der Waals surface area contributed by atoms with Gasteiger partial charge in [0.15, 0.2) is 0 Å². The molecule has 3 heterocycles. The Bertz CT molecular complexity index is 531. The molecule has 5 aliphatic rings. The van der Waals surface area contributed by atoms with E-state index in [4.69, 9.17) is 14.2 Å². The van der Waals surface area contributed by atoms with Crippen LogP contribution in [0.2, 0.25) is 0 Å². The molecule has 0 N–H and O–H groups in total. The van der Waals surface area contributed by atoms with Crippen molar-refractivity contribution >= 4 is 0 Å². The number of hydrogen-bond acceptors (Lipinski definition) is 3. The monoisotopic (exact) mass is 306 g/mol. The van der Waals surface area contributed by atoms with E-state index < -0.39 is 0 Å². The van der Waals surface area contributed by atoms with Crippen molar-refractivity contribution < 1.29 is 14.2 Å². The lowest BCUT2D eigenvalue weighted by atomic mass is 9.89. The van der Waals surface area contributed by atoms with E-state index in [1.165, 1.54) is 19.3 Å². The fourth-order valence-corrected chi connectivity index (χ4v) is 5.64. The zero-order chi connectivity index (χ0) is 15.5. The van der Waals surface area contributed by atoms with Crippen molar-refractivity contribution in [1.82, 2.24) is 0 Å². The van der Waals surface area contributed by atoms with Crippen LogP contribution in [-0.4, -0.2) is 35.1 Å². The van der Waals surface area contributed by atoms with Gasteiger partial charge in [-0.05, 0) is 77.0 Å². The fraction of sp³-hybridized carbons (Fsp3) is 1.00. The van der Waals surface area contributed by atoms with Gasteiger partial charge in [-0.1, -0.05) is 6.92 Å². The smallest absolute Gasteiger partial charge is 0.0923 e. The van der Waals surface area contributed by atoms with Gasteiger partial charge in [0.2, 0.25) is 0 Å². The molecule has 0 spiro atoms. The molecule has 2 aliphatic carbocycles. The lowest BCUT2D eigenvalue weighted by Gasteiger charge is -2.12. The van der Waals surface area contributed by atoms with E-state index in [2.05, 4.69) is 34.6 Å². The Hall–Kier alpha value is -0.120. The lowest BCUT2D eigenvalue weighted by Crippen LogP contribution is -2.17. The summed E-state index contributed by atoms with van der Waals surface area (Å²) >= 11 is 0. The normalized spacial score (nSPS) is 62.9. The zero-order valence-corrected chi connectivity index (χ0v) is 14.6. The van der Waals surface area contributed by atoms with Gasteiger partial charge < -0.3 is 14.2 Å². The minimum atomic E-state index is 0.120. The molecule has 3 nitrogen and oxygen atoms in total. The standard InChI is InChI=1S/C19H30O3/c1-16(2)13(20-16)6-7-18(4)15(22-18)10-17(3)11-8-14-19(5,21-14)9-12(11)17/h11-15H,6-10H2,1-5H3. The number of epoxide rings is 3. The summed E-state index contributed by atoms with van der Waals surface area (Å²) in [6.07, 6.45) is 7.65. The molecule has 8 atom stereocenters. The second-order valence-electron chi connectivity index (χ2n) is 9.95. The van der Waals surface area contributed by atoms with Gasteiger partial charge in [0.05, 0.1) is 35.1 Å². The van der Waals surface area contributed by atoms with E-state index in [1.54, 1.807) is 0 Å². The third kappa shape index (κ3) is 1.91. The predicted octanol–water partition coefficient (Wildman–Crippen LogP) is 3.70. The van der Waals surface area contributed by atoms with Crippen LogP contribution < -0.4 is 0 Å². The van der Waals surface area contributed by atoms with Crippen molar-refractivity contribution in [3.63, 3.8) is 0 Å². The second-order valence-corrected chi connectivity index (χ2v) is 9.95. The summed E-state index contributed by atoms with van der Waals surface area (Å²) in [7, 11) is 0. The highest BCUT2D eigenvalue weighted by Gasteiger charge is 2.73. The Morgan fingerprint density at radius 3 is 2.27 bits per heavy atom. The predicted molar refractivity (Wildman–Crippen MR) is 83.7 cm³/mol. The van der Waals surface area contributed by atoms with Gasteiger partial charge in [0.25, 0.3) is 0 Å². The zero-order valence-electron chi connectivity index (χ0n) is 14.6. The summed E-state index contributed by atoms with van der Waals surface area (Å²) in [4.78, 5) is 0. The Morgan fingerprint density at radius 1 is 0.909 bits per heavy atom. The van der Waals surface area contributed by atoms with Gasteiger partial charge in [-0.25, -0.2) is 0 Å². The average Bonchev–Trinajstić information content (AvgIpc) is 3.34. The largest absolute Gasteiger partial charge is 0.367 e. The number of ether oxygens (including phenoxy) is 3. The van der Waals surface area contributed by atoms with Crippen LogP contribution in [0.15, 0.2) is 0 Å². The number of rotatable bonds is 5. The molecule has 5 rings (SSSR count). The summed E-state index contributed by atoms with van der Waals surface area (Å²) in [5.74, 6) is 1.78. The first-order valence-electron chi connectivity index (χ1n) is 9.20. The summed E-state index contributed by atoms with van der Waals surface area (Å²) in [6.45, 7) is 11.5. The van der Waals surface area contributed by atoms with E-state index in [-0.39, 0.29) is 16.8 Å². The highest BCUT2D eigenvalue weighted by Crippen LogP contribution is 2.74. The van der Waals surface area contributed by atoms with Crippen LogP contribution in [0.5, 0.6) is 0 Å². The molecule has 0 aromatic rings. The Balaban J connectivity index is 1.15. The van der Waals surface area contributed by atoms with Gasteiger partial charge in [-0.2, -0.15) is 0 Å². The minimum Gasteiger partial charge on any atom is -0.367 e. The van der Waals surface area contributed by atoms with Crippen LogP contribution in [-0.2, 0) is 14.2 Å². The summed E-state index contributed by atoms with van der Waals surface area (Å²) in [5, 5.41) is 0. The van der Waals surface area contributed by atoms with Crippen molar-refractivity contribution in [3.05, 3.63) is 0 Å². The van der Waals surface area contributed by atoms with Crippen molar-refractivity contribution in [2.24, 2.45) is 17.3 Å². The van der Waals surface area contributed by atoms with E-state index in [0.29, 0.717) is 23.7 Å². The average molecular weight is 306 g/mol. The fourth-order valence-electron chi connectivity index (χ4n) is 5.64. The third-order valence-corrected chi connectivity index (χ3v) is 7.93. The van der Waals surface area contributed by atoms with E-state index in [9.17, 15) is 0 Å². The van der Waals surface area contributed by atoms with Gasteiger partial charge in [-0.15, -0.1) is 0 Å². The van der Waals surface area contributed by atoms with E-state index in [0.717, 1.165) is 24.7 Å². The Kier molecular flexibility index (Phi) is 2.43. The van der Waals surface area contributed by atoms with Gasteiger partial charge >= 0.3 is 0 Å². The Morgan fingerprint density at radius 2 is 1.64 bits per heavy atom. The molecule has 0 radical (unpaired) electrons. The van der Waals surface area contributed by atoms with E-state index in [1.807, 2.05) is 0 Å². The maximum absolute atomic E-state index is 6.15.